The lowest BCUT2D eigenvalue weighted by molar-refractivity contribution is -0.127. The number of amides is 1. The summed E-state index contributed by atoms with van der Waals surface area (Å²) < 4.78 is 5.32. The summed E-state index contributed by atoms with van der Waals surface area (Å²) in [6.07, 6.45) is 4.67. The molecule has 0 aromatic heterocycles. The van der Waals surface area contributed by atoms with E-state index in [0.29, 0.717) is 17.8 Å². The summed E-state index contributed by atoms with van der Waals surface area (Å²) in [5.74, 6) is 2.74. The average molecular weight is 416 g/mol. The predicted molar refractivity (Wildman–Crippen MR) is 113 cm³/mol. The minimum absolute atomic E-state index is 0. The van der Waals surface area contributed by atoms with Gasteiger partial charge < -0.3 is 20.7 Å². The van der Waals surface area contributed by atoms with Gasteiger partial charge in [-0.05, 0) is 55.6 Å². The molecule has 2 aliphatic carbocycles. The maximum Gasteiger partial charge on any atom is 0.224 e. The number of hydrogen-bond acceptors (Lipinski definition) is 4. The molecule has 3 fully saturated rings. The molecular formula is C20H31Cl2N3O2. The Morgan fingerprint density at radius 3 is 2.74 bits per heavy atom. The van der Waals surface area contributed by atoms with Gasteiger partial charge in [0.25, 0.3) is 0 Å². The van der Waals surface area contributed by atoms with Crippen molar-refractivity contribution in [1.29, 1.82) is 0 Å². The summed E-state index contributed by atoms with van der Waals surface area (Å²) in [5.41, 5.74) is 7.49. The van der Waals surface area contributed by atoms with Crippen LogP contribution >= 0.6 is 24.8 Å². The molecule has 2 saturated carbocycles. The first-order valence-corrected chi connectivity index (χ1v) is 9.58. The molecule has 4 rings (SSSR count). The molecule has 0 radical (unpaired) electrons. The van der Waals surface area contributed by atoms with E-state index >= 15 is 0 Å². The third kappa shape index (κ3) is 4.47. The zero-order valence-corrected chi connectivity index (χ0v) is 17.4. The smallest absolute Gasteiger partial charge is 0.224 e. The number of nitrogens with zero attached hydrogens (tertiary/aromatic N) is 1. The van der Waals surface area contributed by atoms with Crippen LogP contribution < -0.4 is 20.7 Å². The van der Waals surface area contributed by atoms with E-state index in [2.05, 4.69) is 22.3 Å². The Balaban J connectivity index is 0.00000131. The fourth-order valence-corrected chi connectivity index (χ4v) is 5.13. The van der Waals surface area contributed by atoms with Crippen molar-refractivity contribution in [3.63, 3.8) is 0 Å². The normalized spacial score (nSPS) is 31.2. The summed E-state index contributed by atoms with van der Waals surface area (Å²) in [7, 11) is 1.70. The second-order valence-electron chi connectivity index (χ2n) is 7.98. The molecule has 1 aliphatic heterocycles. The van der Waals surface area contributed by atoms with Gasteiger partial charge in [0.15, 0.2) is 0 Å². The van der Waals surface area contributed by atoms with Crippen molar-refractivity contribution in [3.8, 4) is 5.75 Å². The van der Waals surface area contributed by atoms with E-state index in [1.165, 1.54) is 18.5 Å². The van der Waals surface area contributed by atoms with Crippen LogP contribution in [0.4, 0.5) is 5.69 Å². The van der Waals surface area contributed by atoms with Crippen LogP contribution in [0.1, 0.15) is 25.7 Å². The highest BCUT2D eigenvalue weighted by atomic mass is 35.5. The summed E-state index contributed by atoms with van der Waals surface area (Å²) in [4.78, 5) is 15.0. The number of nitrogens with two attached hydrogens (primary N) is 1. The first-order chi connectivity index (χ1) is 12.2. The topological polar surface area (TPSA) is 67.6 Å². The van der Waals surface area contributed by atoms with E-state index in [-0.39, 0.29) is 42.7 Å². The van der Waals surface area contributed by atoms with Gasteiger partial charge in [0, 0.05) is 37.4 Å². The zero-order valence-electron chi connectivity index (χ0n) is 15.8. The number of nitrogens with one attached hydrogen (secondary N) is 1. The molecule has 1 aromatic rings. The van der Waals surface area contributed by atoms with E-state index in [0.717, 1.165) is 38.2 Å². The monoisotopic (exact) mass is 415 g/mol. The SMILES string of the molecule is COc1cccc(N2CCC(CNC(=O)C3C4CCC(C4)C3N)C2)c1.Cl.Cl. The summed E-state index contributed by atoms with van der Waals surface area (Å²) in [5, 5.41) is 3.21. The van der Waals surface area contributed by atoms with Crippen molar-refractivity contribution in [2.24, 2.45) is 29.4 Å². The number of halogens is 2. The van der Waals surface area contributed by atoms with Crippen molar-refractivity contribution in [3.05, 3.63) is 24.3 Å². The Morgan fingerprint density at radius 1 is 1.26 bits per heavy atom. The lowest BCUT2D eigenvalue weighted by Gasteiger charge is -2.27. The van der Waals surface area contributed by atoms with Gasteiger partial charge in [0.2, 0.25) is 5.91 Å². The number of fused-ring (bicyclic) bond motifs is 2. The standard InChI is InChI=1S/C20H29N3O2.2ClH/c1-25-17-4-2-3-16(10-17)23-8-7-13(12-23)11-22-20(24)18-14-5-6-15(9-14)19(18)21;;/h2-4,10,13-15,18-19H,5-9,11-12,21H2,1H3,(H,22,24);2*1H. The molecule has 5 nitrogen and oxygen atoms in total. The minimum Gasteiger partial charge on any atom is -0.497 e. The highest BCUT2D eigenvalue weighted by molar-refractivity contribution is 5.85. The van der Waals surface area contributed by atoms with Gasteiger partial charge in [0.1, 0.15) is 5.75 Å². The lowest BCUT2D eigenvalue weighted by Crippen LogP contribution is -2.46. The van der Waals surface area contributed by atoms with Crippen LogP contribution in [-0.4, -0.2) is 38.7 Å². The Kier molecular flexibility index (Phi) is 7.66. The molecule has 27 heavy (non-hydrogen) atoms. The molecule has 3 N–H and O–H groups in total. The number of rotatable bonds is 5. The van der Waals surface area contributed by atoms with E-state index in [1.807, 2.05) is 12.1 Å². The van der Waals surface area contributed by atoms with Gasteiger partial charge >= 0.3 is 0 Å². The first kappa shape index (κ1) is 22.1. The molecule has 5 atom stereocenters. The number of hydrogen-bond donors (Lipinski definition) is 2. The molecule has 0 spiro atoms. The Morgan fingerprint density at radius 2 is 2.04 bits per heavy atom. The summed E-state index contributed by atoms with van der Waals surface area (Å²) in [6.45, 7) is 2.78. The largest absolute Gasteiger partial charge is 0.497 e. The van der Waals surface area contributed by atoms with Crippen LogP contribution in [0.3, 0.4) is 0 Å². The van der Waals surface area contributed by atoms with Gasteiger partial charge in [-0.15, -0.1) is 24.8 Å². The second-order valence-corrected chi connectivity index (χ2v) is 7.98. The van der Waals surface area contributed by atoms with Crippen LogP contribution in [0.25, 0.3) is 0 Å². The van der Waals surface area contributed by atoms with E-state index < -0.39 is 0 Å². The van der Waals surface area contributed by atoms with Crippen LogP contribution in [0, 0.1) is 23.7 Å². The van der Waals surface area contributed by atoms with Gasteiger partial charge in [-0.2, -0.15) is 0 Å². The third-order valence-corrected chi connectivity index (χ3v) is 6.55. The van der Waals surface area contributed by atoms with Crippen molar-refractivity contribution in [2.75, 3.05) is 31.6 Å². The fraction of sp³-hybridized carbons (Fsp3) is 0.650. The molecule has 7 heteroatoms. The molecule has 1 amide bonds. The molecule has 1 aromatic carbocycles. The van der Waals surface area contributed by atoms with Crippen LogP contribution in [0.2, 0.25) is 0 Å². The zero-order chi connectivity index (χ0) is 17.4. The molecule has 1 heterocycles. The second kappa shape index (κ2) is 9.35. The Bertz CT molecular complexity index is 643. The molecular weight excluding hydrogens is 385 g/mol. The van der Waals surface area contributed by atoms with Crippen molar-refractivity contribution >= 4 is 36.4 Å². The third-order valence-electron chi connectivity index (χ3n) is 6.55. The van der Waals surface area contributed by atoms with Gasteiger partial charge in [-0.25, -0.2) is 0 Å². The minimum atomic E-state index is 0. The van der Waals surface area contributed by atoms with Gasteiger partial charge in [-0.3, -0.25) is 4.79 Å². The molecule has 5 unspecified atom stereocenters. The highest BCUT2D eigenvalue weighted by Gasteiger charge is 2.49. The van der Waals surface area contributed by atoms with E-state index in [9.17, 15) is 4.79 Å². The Labute approximate surface area is 174 Å². The summed E-state index contributed by atoms with van der Waals surface area (Å²) in [6, 6.07) is 8.28. The molecule has 152 valence electrons. The van der Waals surface area contributed by atoms with Crippen molar-refractivity contribution in [2.45, 2.75) is 31.7 Å². The average Bonchev–Trinajstić information content (AvgIpc) is 3.35. The highest BCUT2D eigenvalue weighted by Crippen LogP contribution is 2.47. The maximum atomic E-state index is 12.6. The predicted octanol–water partition coefficient (Wildman–Crippen LogP) is 2.85. The number of anilines is 1. The fourth-order valence-electron chi connectivity index (χ4n) is 5.13. The van der Waals surface area contributed by atoms with Crippen LogP contribution in [0.15, 0.2) is 24.3 Å². The number of methoxy groups -OCH3 is 1. The van der Waals surface area contributed by atoms with Gasteiger partial charge in [0.05, 0.1) is 13.0 Å². The van der Waals surface area contributed by atoms with Crippen molar-refractivity contribution in [1.82, 2.24) is 5.32 Å². The number of carbonyl (C=O) groups is 1. The molecule has 2 bridgehead atoms. The van der Waals surface area contributed by atoms with Gasteiger partial charge in [-0.1, -0.05) is 6.07 Å². The van der Waals surface area contributed by atoms with Crippen molar-refractivity contribution < 1.29 is 9.53 Å². The van der Waals surface area contributed by atoms with Crippen LogP contribution in [0.5, 0.6) is 5.75 Å². The first-order valence-electron chi connectivity index (χ1n) is 9.58. The van der Waals surface area contributed by atoms with E-state index in [4.69, 9.17) is 10.5 Å². The van der Waals surface area contributed by atoms with E-state index in [1.54, 1.807) is 7.11 Å². The number of benzene rings is 1. The lowest BCUT2D eigenvalue weighted by atomic mass is 9.84. The molecule has 1 saturated heterocycles. The number of ether oxygens (including phenoxy) is 1. The molecule has 3 aliphatic rings. The Hall–Kier alpha value is -1.17. The summed E-state index contributed by atoms with van der Waals surface area (Å²) >= 11 is 0. The van der Waals surface area contributed by atoms with Crippen LogP contribution in [-0.2, 0) is 4.79 Å². The maximum absolute atomic E-state index is 12.6. The quantitative estimate of drug-likeness (QED) is 0.775. The number of carbonyl (C=O) groups excluding carboxylic acids is 1.